The fourth-order valence-corrected chi connectivity index (χ4v) is 5.13. The van der Waals surface area contributed by atoms with Gasteiger partial charge < -0.3 is 43.2 Å². The van der Waals surface area contributed by atoms with E-state index in [9.17, 15) is 14.7 Å². The third-order valence-electron chi connectivity index (χ3n) is 6.97. The zero-order valence-electron chi connectivity index (χ0n) is 20.6. The molecule has 1 atom stereocenters. The zero-order chi connectivity index (χ0) is 26.7. The normalized spacial score (nSPS) is 19.6. The van der Waals surface area contributed by atoms with Crippen molar-refractivity contribution in [2.24, 2.45) is 0 Å². The number of nitrogens with zero attached hydrogens (tertiary/aromatic N) is 1. The molecule has 0 bridgehead atoms. The molecular formula is C28H21NO10. The molecule has 1 amide bonds. The number of methoxy groups -OCH3 is 1. The molecule has 11 nitrogen and oxygen atoms in total. The lowest BCUT2D eigenvalue weighted by molar-refractivity contribution is -0.140. The highest BCUT2D eigenvalue weighted by atomic mass is 16.7. The van der Waals surface area contributed by atoms with Crippen LogP contribution in [0.1, 0.15) is 22.7 Å². The number of amides is 1. The molecule has 39 heavy (non-hydrogen) atoms. The van der Waals surface area contributed by atoms with E-state index >= 15 is 0 Å². The minimum absolute atomic E-state index is 0.00370. The summed E-state index contributed by atoms with van der Waals surface area (Å²) in [5.74, 6) is 1.35. The van der Waals surface area contributed by atoms with E-state index < -0.39 is 17.7 Å². The molecule has 7 rings (SSSR count). The molecule has 1 saturated heterocycles. The number of ketones is 1. The first-order valence-electron chi connectivity index (χ1n) is 12.1. The molecule has 0 spiro atoms. The van der Waals surface area contributed by atoms with Crippen molar-refractivity contribution in [3.05, 3.63) is 70.8 Å². The fourth-order valence-electron chi connectivity index (χ4n) is 5.13. The van der Waals surface area contributed by atoms with Gasteiger partial charge >= 0.3 is 0 Å². The van der Waals surface area contributed by atoms with Crippen molar-refractivity contribution in [3.8, 4) is 40.2 Å². The van der Waals surface area contributed by atoms with Gasteiger partial charge in [0.05, 0.1) is 18.7 Å². The summed E-state index contributed by atoms with van der Waals surface area (Å²) in [6.07, 6.45) is 0. The van der Waals surface area contributed by atoms with Gasteiger partial charge in [-0.25, -0.2) is 0 Å². The van der Waals surface area contributed by atoms with Crippen molar-refractivity contribution >= 4 is 17.4 Å². The van der Waals surface area contributed by atoms with Gasteiger partial charge in [0.2, 0.25) is 26.1 Å². The molecule has 4 heterocycles. The Labute approximate surface area is 221 Å². The second-order valence-electron chi connectivity index (χ2n) is 9.14. The third kappa shape index (κ3) is 3.65. The monoisotopic (exact) mass is 531 g/mol. The van der Waals surface area contributed by atoms with Gasteiger partial charge in [-0.15, -0.1) is 0 Å². The number of carbonyl (C=O) groups excluding carboxylic acids is 2. The Kier molecular flexibility index (Phi) is 5.18. The molecule has 198 valence electrons. The number of hydrogen-bond acceptors (Lipinski definition) is 10. The maximum Gasteiger partial charge on any atom is 0.295 e. The molecule has 1 N–H and O–H groups in total. The van der Waals surface area contributed by atoms with E-state index in [0.717, 1.165) is 0 Å². The van der Waals surface area contributed by atoms with E-state index in [4.69, 9.17) is 33.2 Å². The van der Waals surface area contributed by atoms with E-state index in [2.05, 4.69) is 0 Å². The lowest BCUT2D eigenvalue weighted by Crippen LogP contribution is -2.29. The number of ether oxygens (including phenoxy) is 7. The highest BCUT2D eigenvalue weighted by Gasteiger charge is 2.47. The first-order valence-corrected chi connectivity index (χ1v) is 12.1. The Bertz CT molecular complexity index is 1580. The molecule has 1 fully saturated rings. The standard InChI is InChI=1S/C28H21NO10/c1-33-21-8-16(9-22-27(21)39-13-38-22)24-23(25(30)15-3-5-18-20(7-15)37-12-35-18)26(31)28(32)29(24)10-14-2-4-17-19(6-14)36-11-34-17/h2-9,24,30H,10-13H2,1H3/t24-/m1/s1. The summed E-state index contributed by atoms with van der Waals surface area (Å²) >= 11 is 0. The number of rotatable bonds is 5. The molecule has 0 unspecified atom stereocenters. The average molecular weight is 531 g/mol. The fraction of sp³-hybridized carbons (Fsp3) is 0.214. The predicted molar refractivity (Wildman–Crippen MR) is 132 cm³/mol. The first-order chi connectivity index (χ1) is 19.0. The quantitative estimate of drug-likeness (QED) is 0.297. The van der Waals surface area contributed by atoms with E-state index in [-0.39, 0.29) is 38.3 Å². The van der Waals surface area contributed by atoms with Crippen molar-refractivity contribution in [3.63, 3.8) is 0 Å². The van der Waals surface area contributed by atoms with Gasteiger partial charge in [-0.2, -0.15) is 0 Å². The van der Waals surface area contributed by atoms with Crippen LogP contribution in [0.15, 0.2) is 54.1 Å². The van der Waals surface area contributed by atoms with Crippen LogP contribution in [-0.2, 0) is 16.1 Å². The molecular weight excluding hydrogens is 510 g/mol. The highest BCUT2D eigenvalue weighted by molar-refractivity contribution is 6.46. The van der Waals surface area contributed by atoms with Gasteiger partial charge in [-0.05, 0) is 53.6 Å². The Hall–Kier alpha value is -5.06. The number of fused-ring (bicyclic) bond motifs is 3. The number of likely N-dealkylation sites (tertiary alicyclic amines) is 1. The molecule has 4 aliphatic heterocycles. The van der Waals surface area contributed by atoms with Crippen LogP contribution in [0.3, 0.4) is 0 Å². The molecule has 0 aromatic heterocycles. The Morgan fingerprint density at radius 3 is 2.28 bits per heavy atom. The molecule has 3 aromatic carbocycles. The van der Waals surface area contributed by atoms with Crippen LogP contribution in [0, 0.1) is 0 Å². The second-order valence-corrected chi connectivity index (χ2v) is 9.14. The minimum atomic E-state index is -0.968. The van der Waals surface area contributed by atoms with Crippen molar-refractivity contribution in [2.75, 3.05) is 27.5 Å². The van der Waals surface area contributed by atoms with Gasteiger partial charge in [0.15, 0.2) is 34.5 Å². The zero-order valence-corrected chi connectivity index (χ0v) is 20.6. The van der Waals surface area contributed by atoms with Crippen LogP contribution in [0.5, 0.6) is 40.2 Å². The number of hydrogen-bond donors (Lipinski definition) is 1. The molecule has 11 heteroatoms. The van der Waals surface area contributed by atoms with Crippen LogP contribution < -0.4 is 33.2 Å². The Morgan fingerprint density at radius 1 is 0.846 bits per heavy atom. The van der Waals surface area contributed by atoms with Crippen LogP contribution in [-0.4, -0.2) is 49.2 Å². The molecule has 0 radical (unpaired) electrons. The largest absolute Gasteiger partial charge is 0.507 e. The summed E-state index contributed by atoms with van der Waals surface area (Å²) in [5.41, 5.74) is 1.43. The summed E-state index contributed by atoms with van der Waals surface area (Å²) in [5, 5.41) is 11.5. The summed E-state index contributed by atoms with van der Waals surface area (Å²) in [6, 6.07) is 12.5. The van der Waals surface area contributed by atoms with Crippen LogP contribution in [0.2, 0.25) is 0 Å². The van der Waals surface area contributed by atoms with Gasteiger partial charge in [-0.1, -0.05) is 6.07 Å². The van der Waals surface area contributed by atoms with Crippen molar-refractivity contribution in [1.82, 2.24) is 4.90 Å². The minimum Gasteiger partial charge on any atom is -0.507 e. The Balaban J connectivity index is 1.37. The molecule has 3 aromatic rings. The second kappa shape index (κ2) is 8.76. The van der Waals surface area contributed by atoms with Gasteiger partial charge in [-0.3, -0.25) is 9.59 Å². The topological polar surface area (TPSA) is 122 Å². The number of benzene rings is 3. The Morgan fingerprint density at radius 2 is 1.51 bits per heavy atom. The van der Waals surface area contributed by atoms with Crippen molar-refractivity contribution in [2.45, 2.75) is 12.6 Å². The maximum absolute atomic E-state index is 13.5. The van der Waals surface area contributed by atoms with Crippen LogP contribution in [0.4, 0.5) is 0 Å². The van der Waals surface area contributed by atoms with Crippen molar-refractivity contribution in [1.29, 1.82) is 0 Å². The number of aliphatic hydroxyl groups excluding tert-OH is 1. The van der Waals surface area contributed by atoms with E-state index in [1.54, 1.807) is 48.5 Å². The molecule has 4 aliphatic rings. The summed E-state index contributed by atoms with van der Waals surface area (Å²) < 4.78 is 38.3. The van der Waals surface area contributed by atoms with Gasteiger partial charge in [0.1, 0.15) is 5.76 Å². The maximum atomic E-state index is 13.5. The average Bonchev–Trinajstić information content (AvgIpc) is 3.75. The van der Waals surface area contributed by atoms with Gasteiger partial charge in [0, 0.05) is 12.1 Å². The summed E-state index contributed by atoms with van der Waals surface area (Å²) in [6.45, 7) is 0.219. The molecule has 0 saturated carbocycles. The first kappa shape index (κ1) is 23.1. The third-order valence-corrected chi connectivity index (χ3v) is 6.97. The van der Waals surface area contributed by atoms with Crippen LogP contribution >= 0.6 is 0 Å². The summed E-state index contributed by atoms with van der Waals surface area (Å²) in [4.78, 5) is 28.4. The highest BCUT2D eigenvalue weighted by Crippen LogP contribution is 2.48. The van der Waals surface area contributed by atoms with E-state index in [0.29, 0.717) is 56.9 Å². The lowest BCUT2D eigenvalue weighted by Gasteiger charge is -2.26. The van der Waals surface area contributed by atoms with Crippen molar-refractivity contribution < 1.29 is 47.9 Å². The predicted octanol–water partition coefficient (Wildman–Crippen LogP) is 3.50. The number of Topliss-reactive ketones (excluding diaryl/α,β-unsaturated/α-hetero) is 1. The van der Waals surface area contributed by atoms with E-state index in [1.165, 1.54) is 12.0 Å². The van der Waals surface area contributed by atoms with Gasteiger partial charge in [0.25, 0.3) is 11.7 Å². The van der Waals surface area contributed by atoms with Crippen LogP contribution in [0.25, 0.3) is 5.76 Å². The summed E-state index contributed by atoms with van der Waals surface area (Å²) in [7, 11) is 1.48. The smallest absolute Gasteiger partial charge is 0.295 e. The SMILES string of the molecule is COc1cc([C@@H]2C(=C(O)c3ccc4c(c3)OCO4)C(=O)C(=O)N2Cc2ccc3c(c2)OCO3)cc2c1OCO2. The molecule has 0 aliphatic carbocycles. The number of aliphatic hydroxyl groups is 1. The van der Waals surface area contributed by atoms with E-state index in [1.807, 2.05) is 0 Å². The lowest BCUT2D eigenvalue weighted by atomic mass is 9.94. The number of carbonyl (C=O) groups is 2.